The molecule has 1 aromatic rings. The SMILES string of the molecule is COc1ccc(C(=O)O)cc1NC(=O)C1(C)CCNC1. The lowest BCUT2D eigenvalue weighted by Gasteiger charge is -2.22. The molecule has 0 radical (unpaired) electrons. The zero-order valence-electron chi connectivity index (χ0n) is 11.5. The maximum absolute atomic E-state index is 12.3. The number of rotatable bonds is 4. The highest BCUT2D eigenvalue weighted by molar-refractivity contribution is 5.98. The van der Waals surface area contributed by atoms with Crippen molar-refractivity contribution < 1.29 is 19.4 Å². The van der Waals surface area contributed by atoms with Crippen LogP contribution in [0.4, 0.5) is 5.69 Å². The minimum atomic E-state index is -1.04. The number of carboxylic acids is 1. The molecule has 20 heavy (non-hydrogen) atoms. The van der Waals surface area contributed by atoms with Gasteiger partial charge in [0.2, 0.25) is 5.91 Å². The highest BCUT2D eigenvalue weighted by Gasteiger charge is 2.36. The van der Waals surface area contributed by atoms with Crippen molar-refractivity contribution >= 4 is 17.6 Å². The van der Waals surface area contributed by atoms with Gasteiger partial charge in [-0.2, -0.15) is 0 Å². The summed E-state index contributed by atoms with van der Waals surface area (Å²) in [5, 5.41) is 14.9. The van der Waals surface area contributed by atoms with Gasteiger partial charge in [-0.05, 0) is 38.1 Å². The van der Waals surface area contributed by atoms with Gasteiger partial charge in [0.15, 0.2) is 0 Å². The molecule has 2 rings (SSSR count). The van der Waals surface area contributed by atoms with E-state index < -0.39 is 11.4 Å². The Balaban J connectivity index is 2.25. The zero-order valence-corrected chi connectivity index (χ0v) is 11.5. The van der Waals surface area contributed by atoms with Crippen molar-refractivity contribution in [1.82, 2.24) is 5.32 Å². The number of carbonyl (C=O) groups excluding carboxylic acids is 1. The number of nitrogens with one attached hydrogen (secondary N) is 2. The van der Waals surface area contributed by atoms with Crippen LogP contribution >= 0.6 is 0 Å². The zero-order chi connectivity index (χ0) is 14.8. The second kappa shape index (κ2) is 5.50. The van der Waals surface area contributed by atoms with Crippen LogP contribution in [0.3, 0.4) is 0 Å². The third-order valence-corrected chi connectivity index (χ3v) is 3.61. The van der Waals surface area contributed by atoms with E-state index in [0.29, 0.717) is 18.0 Å². The average Bonchev–Trinajstić information content (AvgIpc) is 2.87. The summed E-state index contributed by atoms with van der Waals surface area (Å²) in [6, 6.07) is 4.38. The van der Waals surface area contributed by atoms with E-state index in [0.717, 1.165) is 13.0 Å². The molecule has 1 aliphatic heterocycles. The predicted octanol–water partition coefficient (Wildman–Crippen LogP) is 1.33. The van der Waals surface area contributed by atoms with Crippen molar-refractivity contribution in [3.8, 4) is 5.75 Å². The highest BCUT2D eigenvalue weighted by Crippen LogP contribution is 2.30. The van der Waals surface area contributed by atoms with Gasteiger partial charge in [0, 0.05) is 6.54 Å². The number of hydrogen-bond acceptors (Lipinski definition) is 4. The monoisotopic (exact) mass is 278 g/mol. The summed E-state index contributed by atoms with van der Waals surface area (Å²) in [5.41, 5.74) is 0.00543. The first kappa shape index (κ1) is 14.3. The van der Waals surface area contributed by atoms with Crippen LogP contribution in [-0.2, 0) is 4.79 Å². The highest BCUT2D eigenvalue weighted by atomic mass is 16.5. The molecule has 1 saturated heterocycles. The first-order chi connectivity index (χ1) is 9.46. The summed E-state index contributed by atoms with van der Waals surface area (Å²) >= 11 is 0. The molecule has 0 spiro atoms. The Labute approximate surface area is 117 Å². The van der Waals surface area contributed by atoms with Crippen molar-refractivity contribution in [3.63, 3.8) is 0 Å². The number of hydrogen-bond donors (Lipinski definition) is 3. The Morgan fingerprint density at radius 3 is 2.75 bits per heavy atom. The topological polar surface area (TPSA) is 87.7 Å². The molecule has 1 amide bonds. The molecule has 1 unspecified atom stereocenters. The van der Waals surface area contributed by atoms with E-state index in [1.807, 2.05) is 6.92 Å². The molecule has 1 aliphatic rings. The molecular formula is C14H18N2O4. The van der Waals surface area contributed by atoms with Gasteiger partial charge in [0.1, 0.15) is 5.75 Å². The van der Waals surface area contributed by atoms with Crippen LogP contribution in [0, 0.1) is 5.41 Å². The lowest BCUT2D eigenvalue weighted by Crippen LogP contribution is -2.35. The third kappa shape index (κ3) is 2.75. The largest absolute Gasteiger partial charge is 0.495 e. The van der Waals surface area contributed by atoms with Crippen molar-refractivity contribution in [2.75, 3.05) is 25.5 Å². The molecule has 108 valence electrons. The van der Waals surface area contributed by atoms with Gasteiger partial charge in [-0.15, -0.1) is 0 Å². The summed E-state index contributed by atoms with van der Waals surface area (Å²) in [5.74, 6) is -0.738. The molecule has 1 fully saturated rings. The number of carbonyl (C=O) groups is 2. The van der Waals surface area contributed by atoms with Crippen LogP contribution in [0.25, 0.3) is 0 Å². The van der Waals surface area contributed by atoms with E-state index in [1.165, 1.54) is 25.3 Å². The Kier molecular flexibility index (Phi) is 3.94. The van der Waals surface area contributed by atoms with Gasteiger partial charge in [-0.25, -0.2) is 4.79 Å². The van der Waals surface area contributed by atoms with Gasteiger partial charge in [-0.1, -0.05) is 0 Å². The second-order valence-corrected chi connectivity index (χ2v) is 5.16. The number of benzene rings is 1. The van der Waals surface area contributed by atoms with Gasteiger partial charge in [0.05, 0.1) is 23.8 Å². The van der Waals surface area contributed by atoms with E-state index >= 15 is 0 Å². The standard InChI is InChI=1S/C14H18N2O4/c1-14(5-6-15-8-14)13(19)16-10-7-9(12(17)18)3-4-11(10)20-2/h3-4,7,15H,5-6,8H2,1-2H3,(H,16,19)(H,17,18). The van der Waals surface area contributed by atoms with Crippen molar-refractivity contribution in [2.24, 2.45) is 5.41 Å². The van der Waals surface area contributed by atoms with Crippen LogP contribution in [0.2, 0.25) is 0 Å². The minimum absolute atomic E-state index is 0.107. The van der Waals surface area contributed by atoms with Gasteiger partial charge >= 0.3 is 5.97 Å². The summed E-state index contributed by atoms with van der Waals surface area (Å²) in [6.07, 6.45) is 0.750. The smallest absolute Gasteiger partial charge is 0.335 e. The minimum Gasteiger partial charge on any atom is -0.495 e. The second-order valence-electron chi connectivity index (χ2n) is 5.16. The summed E-state index contributed by atoms with van der Waals surface area (Å²) in [7, 11) is 1.48. The van der Waals surface area contributed by atoms with Gasteiger partial charge < -0.3 is 20.5 Å². The average molecular weight is 278 g/mol. The Bertz CT molecular complexity index is 536. The van der Waals surface area contributed by atoms with Crippen LogP contribution in [0.15, 0.2) is 18.2 Å². The van der Waals surface area contributed by atoms with Gasteiger partial charge in [-0.3, -0.25) is 4.79 Å². The number of ether oxygens (including phenoxy) is 1. The summed E-state index contributed by atoms with van der Waals surface area (Å²) in [6.45, 7) is 3.30. The fourth-order valence-electron chi connectivity index (χ4n) is 2.22. The van der Waals surface area contributed by atoms with Crippen LogP contribution in [-0.4, -0.2) is 37.2 Å². The number of methoxy groups -OCH3 is 1. The molecule has 6 nitrogen and oxygen atoms in total. The van der Waals surface area contributed by atoms with Crippen LogP contribution in [0.5, 0.6) is 5.75 Å². The molecule has 0 bridgehead atoms. The lowest BCUT2D eigenvalue weighted by molar-refractivity contribution is -0.123. The van der Waals surface area contributed by atoms with E-state index in [2.05, 4.69) is 10.6 Å². The molecule has 1 atom stereocenters. The van der Waals surface area contributed by atoms with Crippen molar-refractivity contribution in [1.29, 1.82) is 0 Å². The molecule has 1 heterocycles. The predicted molar refractivity (Wildman–Crippen MR) is 74.2 cm³/mol. The lowest BCUT2D eigenvalue weighted by atomic mass is 9.88. The fourth-order valence-corrected chi connectivity index (χ4v) is 2.22. The van der Waals surface area contributed by atoms with E-state index in [-0.39, 0.29) is 11.5 Å². The number of aromatic carboxylic acids is 1. The van der Waals surface area contributed by atoms with E-state index in [1.54, 1.807) is 0 Å². The molecular weight excluding hydrogens is 260 g/mol. The molecule has 1 aromatic carbocycles. The molecule has 0 aromatic heterocycles. The maximum atomic E-state index is 12.3. The Morgan fingerprint density at radius 2 is 2.20 bits per heavy atom. The molecule has 3 N–H and O–H groups in total. The summed E-state index contributed by atoms with van der Waals surface area (Å²) < 4.78 is 5.15. The first-order valence-electron chi connectivity index (χ1n) is 6.40. The Morgan fingerprint density at radius 1 is 1.45 bits per heavy atom. The third-order valence-electron chi connectivity index (χ3n) is 3.61. The normalized spacial score (nSPS) is 21.5. The molecule has 0 saturated carbocycles. The number of anilines is 1. The van der Waals surface area contributed by atoms with Gasteiger partial charge in [0.25, 0.3) is 0 Å². The summed E-state index contributed by atoms with van der Waals surface area (Å²) in [4.78, 5) is 23.3. The fraction of sp³-hybridized carbons (Fsp3) is 0.429. The van der Waals surface area contributed by atoms with Crippen LogP contribution < -0.4 is 15.4 Å². The van der Waals surface area contributed by atoms with E-state index in [4.69, 9.17) is 9.84 Å². The first-order valence-corrected chi connectivity index (χ1v) is 6.40. The van der Waals surface area contributed by atoms with Crippen LogP contribution in [0.1, 0.15) is 23.7 Å². The van der Waals surface area contributed by atoms with Crippen molar-refractivity contribution in [2.45, 2.75) is 13.3 Å². The molecule has 0 aliphatic carbocycles. The van der Waals surface area contributed by atoms with E-state index in [9.17, 15) is 9.59 Å². The Hall–Kier alpha value is -2.08. The number of amides is 1. The maximum Gasteiger partial charge on any atom is 0.335 e. The van der Waals surface area contributed by atoms with Crippen molar-refractivity contribution in [3.05, 3.63) is 23.8 Å². The molecule has 6 heteroatoms. The number of carboxylic acid groups (broad SMARTS) is 1. The quantitative estimate of drug-likeness (QED) is 0.773.